The van der Waals surface area contributed by atoms with Crippen molar-refractivity contribution in [3.05, 3.63) is 59.9 Å². The first-order chi connectivity index (χ1) is 10.7. The highest BCUT2D eigenvalue weighted by Gasteiger charge is 2.24. The first-order valence-electron chi connectivity index (χ1n) is 6.92. The van der Waals surface area contributed by atoms with Crippen molar-refractivity contribution in [1.82, 2.24) is 9.88 Å². The number of pyridine rings is 1. The highest BCUT2D eigenvalue weighted by Crippen LogP contribution is 2.18. The third-order valence-corrected chi connectivity index (χ3v) is 3.30. The molecule has 0 atom stereocenters. The van der Waals surface area contributed by atoms with Gasteiger partial charge in [-0.15, -0.1) is 0 Å². The predicted octanol–water partition coefficient (Wildman–Crippen LogP) is 2.17. The number of anilines is 1. The van der Waals surface area contributed by atoms with Crippen LogP contribution in [0.25, 0.3) is 0 Å². The van der Waals surface area contributed by atoms with Crippen molar-refractivity contribution in [2.75, 3.05) is 11.9 Å². The van der Waals surface area contributed by atoms with Crippen LogP contribution in [0.4, 0.5) is 10.5 Å². The Labute approximate surface area is 127 Å². The van der Waals surface area contributed by atoms with Crippen LogP contribution in [0.1, 0.15) is 11.3 Å². The van der Waals surface area contributed by atoms with Crippen LogP contribution in [-0.4, -0.2) is 28.4 Å². The molecule has 1 aliphatic heterocycles. The Kier molecular flexibility index (Phi) is 4.00. The maximum absolute atomic E-state index is 12.2. The lowest BCUT2D eigenvalue weighted by atomic mass is 10.2. The third-order valence-electron chi connectivity index (χ3n) is 3.30. The average molecular weight is 297 g/mol. The molecule has 1 aliphatic rings. The van der Waals surface area contributed by atoms with Crippen LogP contribution in [0, 0.1) is 0 Å². The lowest BCUT2D eigenvalue weighted by Crippen LogP contribution is -2.35. The molecule has 0 fully saturated rings. The summed E-state index contributed by atoms with van der Waals surface area (Å²) in [6.45, 7) is 0.361. The molecule has 0 unspecified atom stereocenters. The van der Waals surface area contributed by atoms with Gasteiger partial charge in [0, 0.05) is 6.20 Å². The maximum atomic E-state index is 12.2. The van der Waals surface area contributed by atoms with Gasteiger partial charge in [-0.1, -0.05) is 30.3 Å². The summed E-state index contributed by atoms with van der Waals surface area (Å²) in [4.78, 5) is 29.6. The molecular formula is C16H15N3O3. The Morgan fingerprint density at radius 2 is 2.00 bits per heavy atom. The number of carbonyl (C=O) groups excluding carboxylic acids is 2. The summed E-state index contributed by atoms with van der Waals surface area (Å²) in [5.41, 5.74) is 2.17. The minimum atomic E-state index is -0.530. The molecule has 0 bridgehead atoms. The van der Waals surface area contributed by atoms with Gasteiger partial charge in [-0.05, 0) is 17.7 Å². The molecule has 1 aromatic heterocycles. The van der Waals surface area contributed by atoms with Gasteiger partial charge in [0.1, 0.15) is 13.2 Å². The van der Waals surface area contributed by atoms with Crippen molar-refractivity contribution < 1.29 is 14.3 Å². The Morgan fingerprint density at radius 1 is 1.18 bits per heavy atom. The van der Waals surface area contributed by atoms with Crippen molar-refractivity contribution in [2.24, 2.45) is 0 Å². The van der Waals surface area contributed by atoms with Crippen LogP contribution in [-0.2, 0) is 22.7 Å². The van der Waals surface area contributed by atoms with Crippen LogP contribution >= 0.6 is 0 Å². The molecule has 22 heavy (non-hydrogen) atoms. The number of hydrogen-bond acceptors (Lipinski definition) is 4. The molecule has 6 nitrogen and oxygen atoms in total. The minimum Gasteiger partial charge on any atom is -0.445 e. The van der Waals surface area contributed by atoms with Gasteiger partial charge in [-0.25, -0.2) is 4.79 Å². The second-order valence-corrected chi connectivity index (χ2v) is 4.94. The summed E-state index contributed by atoms with van der Waals surface area (Å²) in [6.07, 6.45) is 1.10. The Bertz CT molecular complexity index is 688. The molecule has 0 saturated heterocycles. The molecule has 2 heterocycles. The van der Waals surface area contributed by atoms with E-state index in [1.807, 2.05) is 30.3 Å². The lowest BCUT2D eigenvalue weighted by Gasteiger charge is -2.18. The quantitative estimate of drug-likeness (QED) is 0.922. The van der Waals surface area contributed by atoms with Crippen LogP contribution in [0.3, 0.4) is 0 Å². The minimum absolute atomic E-state index is 0.0516. The monoisotopic (exact) mass is 297 g/mol. The first-order valence-corrected chi connectivity index (χ1v) is 6.92. The number of amides is 2. The molecule has 3 rings (SSSR count). The zero-order chi connectivity index (χ0) is 15.4. The average Bonchev–Trinajstić information content (AvgIpc) is 2.71. The normalized spacial score (nSPS) is 13.8. The molecule has 0 saturated carbocycles. The van der Waals surface area contributed by atoms with Crippen LogP contribution in [0.5, 0.6) is 0 Å². The van der Waals surface area contributed by atoms with Crippen molar-refractivity contribution in [2.45, 2.75) is 13.2 Å². The maximum Gasteiger partial charge on any atom is 0.410 e. The van der Waals surface area contributed by atoms with Crippen molar-refractivity contribution >= 4 is 17.7 Å². The van der Waals surface area contributed by atoms with E-state index in [0.29, 0.717) is 11.4 Å². The van der Waals surface area contributed by atoms with E-state index >= 15 is 0 Å². The van der Waals surface area contributed by atoms with E-state index in [1.165, 1.54) is 4.90 Å². The number of nitrogens with one attached hydrogen (secondary N) is 1. The van der Waals surface area contributed by atoms with Gasteiger partial charge in [0.15, 0.2) is 0 Å². The van der Waals surface area contributed by atoms with E-state index in [-0.39, 0.29) is 25.6 Å². The smallest absolute Gasteiger partial charge is 0.410 e. The topological polar surface area (TPSA) is 71.5 Å². The van der Waals surface area contributed by atoms with E-state index < -0.39 is 6.09 Å². The van der Waals surface area contributed by atoms with Gasteiger partial charge in [-0.2, -0.15) is 0 Å². The van der Waals surface area contributed by atoms with E-state index in [2.05, 4.69) is 10.3 Å². The Hall–Kier alpha value is -2.89. The fourth-order valence-electron chi connectivity index (χ4n) is 2.22. The number of nitrogens with zero attached hydrogens (tertiary/aromatic N) is 2. The van der Waals surface area contributed by atoms with Gasteiger partial charge in [0.25, 0.3) is 0 Å². The van der Waals surface area contributed by atoms with Gasteiger partial charge in [-0.3, -0.25) is 14.7 Å². The highest BCUT2D eigenvalue weighted by molar-refractivity contribution is 5.95. The molecule has 6 heteroatoms. The molecule has 0 aliphatic carbocycles. The lowest BCUT2D eigenvalue weighted by molar-refractivity contribution is -0.117. The number of benzene rings is 1. The first kappa shape index (κ1) is 14.1. The van der Waals surface area contributed by atoms with Crippen LogP contribution in [0.15, 0.2) is 48.7 Å². The summed E-state index contributed by atoms with van der Waals surface area (Å²) in [5.74, 6) is -0.261. The van der Waals surface area contributed by atoms with Crippen molar-refractivity contribution in [1.29, 1.82) is 0 Å². The largest absolute Gasteiger partial charge is 0.445 e. The standard InChI is InChI=1S/C16H15N3O3/c20-15-10-19(9-14-13(18-15)7-4-8-17-14)16(21)22-11-12-5-2-1-3-6-12/h1-8H,9-11H2,(H,18,20). The molecular weight excluding hydrogens is 282 g/mol. The van der Waals surface area contributed by atoms with Gasteiger partial charge >= 0.3 is 6.09 Å². The van der Waals surface area contributed by atoms with Crippen LogP contribution in [0.2, 0.25) is 0 Å². The van der Waals surface area contributed by atoms with Gasteiger partial charge in [0.05, 0.1) is 17.9 Å². The number of ether oxygens (including phenoxy) is 1. The summed E-state index contributed by atoms with van der Waals surface area (Å²) in [5, 5.41) is 2.73. The summed E-state index contributed by atoms with van der Waals surface area (Å²) in [6, 6.07) is 12.9. The zero-order valence-corrected chi connectivity index (χ0v) is 11.9. The molecule has 0 radical (unpaired) electrons. The van der Waals surface area contributed by atoms with E-state index in [9.17, 15) is 9.59 Å². The number of aromatic nitrogens is 1. The van der Waals surface area contributed by atoms with Gasteiger partial charge < -0.3 is 10.1 Å². The van der Waals surface area contributed by atoms with Gasteiger partial charge in [0.2, 0.25) is 5.91 Å². The molecule has 2 amide bonds. The molecule has 112 valence electrons. The molecule has 2 aromatic rings. The van der Waals surface area contributed by atoms with Crippen LogP contribution < -0.4 is 5.32 Å². The fraction of sp³-hybridized carbons (Fsp3) is 0.188. The Balaban J connectivity index is 1.68. The molecule has 1 aromatic carbocycles. The van der Waals surface area contributed by atoms with E-state index in [1.54, 1.807) is 18.3 Å². The van der Waals surface area contributed by atoms with E-state index in [0.717, 1.165) is 5.56 Å². The number of rotatable bonds is 2. The number of carbonyl (C=O) groups is 2. The molecule has 0 spiro atoms. The fourth-order valence-corrected chi connectivity index (χ4v) is 2.22. The number of fused-ring (bicyclic) bond motifs is 1. The van der Waals surface area contributed by atoms with Crippen molar-refractivity contribution in [3.63, 3.8) is 0 Å². The van der Waals surface area contributed by atoms with Crippen molar-refractivity contribution in [3.8, 4) is 0 Å². The predicted molar refractivity (Wildman–Crippen MR) is 79.9 cm³/mol. The summed E-state index contributed by atoms with van der Waals surface area (Å²) < 4.78 is 5.27. The second kappa shape index (κ2) is 6.26. The highest BCUT2D eigenvalue weighted by atomic mass is 16.6. The molecule has 1 N–H and O–H groups in total. The SMILES string of the molecule is O=C1CN(C(=O)OCc2ccccc2)Cc2ncccc2N1. The van der Waals surface area contributed by atoms with E-state index in [4.69, 9.17) is 4.74 Å². The Morgan fingerprint density at radius 3 is 2.82 bits per heavy atom. The zero-order valence-electron chi connectivity index (χ0n) is 11.9. The second-order valence-electron chi connectivity index (χ2n) is 4.94. The third kappa shape index (κ3) is 3.22. The number of hydrogen-bond donors (Lipinski definition) is 1. The summed E-state index contributed by atoms with van der Waals surface area (Å²) in [7, 11) is 0. The summed E-state index contributed by atoms with van der Waals surface area (Å²) >= 11 is 0.